The number of halogens is 1. The molecule has 0 amide bonds. The second-order valence-corrected chi connectivity index (χ2v) is 5.61. The highest BCUT2D eigenvalue weighted by atomic mass is 127. The van der Waals surface area contributed by atoms with E-state index >= 15 is 0 Å². The van der Waals surface area contributed by atoms with Gasteiger partial charge >= 0.3 is 0 Å². The highest BCUT2D eigenvalue weighted by molar-refractivity contribution is 14.1. The van der Waals surface area contributed by atoms with E-state index < -0.39 is 0 Å². The van der Waals surface area contributed by atoms with Crippen LogP contribution in [0.1, 0.15) is 25.8 Å². The van der Waals surface area contributed by atoms with Gasteiger partial charge in [-0.2, -0.15) is 0 Å². The lowest BCUT2D eigenvalue weighted by molar-refractivity contribution is 0.107. The Morgan fingerprint density at radius 3 is 2.80 bits per heavy atom. The maximum Gasteiger partial charge on any atom is 0.132 e. The fourth-order valence-corrected chi connectivity index (χ4v) is 2.89. The Morgan fingerprint density at radius 2 is 2.13 bits per heavy atom. The molecule has 0 aromatic heterocycles. The third-order valence-corrected chi connectivity index (χ3v) is 3.27. The third kappa shape index (κ3) is 1.97. The molecule has 0 fully saturated rings. The smallest absolute Gasteiger partial charge is 0.132 e. The summed E-state index contributed by atoms with van der Waals surface area (Å²) in [5.74, 6) is 0.976. The molecule has 0 atom stereocenters. The quantitative estimate of drug-likeness (QED) is 0.742. The van der Waals surface area contributed by atoms with Gasteiger partial charge in [0.25, 0.3) is 0 Å². The largest absolute Gasteiger partial charge is 0.508 e. The Bertz CT molecular complexity index is 435. The average Bonchev–Trinajstić information content (AvgIpc) is 1.97. The number of rotatable bonds is 0. The van der Waals surface area contributed by atoms with Crippen LogP contribution in [0.15, 0.2) is 18.7 Å². The van der Waals surface area contributed by atoms with E-state index in [1.807, 2.05) is 13.8 Å². The van der Waals surface area contributed by atoms with Gasteiger partial charge in [0, 0.05) is 21.6 Å². The molecule has 1 heterocycles. The average molecular weight is 316 g/mol. The van der Waals surface area contributed by atoms with E-state index in [-0.39, 0.29) is 11.4 Å². The SMILES string of the molecule is C=C1CC(C)(C)Oc2cc(O)cc(I)c21. The molecule has 2 nitrogen and oxygen atoms in total. The first-order valence-electron chi connectivity index (χ1n) is 4.79. The minimum Gasteiger partial charge on any atom is -0.508 e. The highest BCUT2D eigenvalue weighted by Crippen LogP contribution is 2.43. The number of ether oxygens (including phenoxy) is 1. The van der Waals surface area contributed by atoms with E-state index in [1.54, 1.807) is 12.1 Å². The zero-order valence-electron chi connectivity index (χ0n) is 8.80. The van der Waals surface area contributed by atoms with Crippen molar-refractivity contribution in [3.8, 4) is 11.5 Å². The van der Waals surface area contributed by atoms with Crippen LogP contribution in [0.25, 0.3) is 5.57 Å². The summed E-state index contributed by atoms with van der Waals surface area (Å²) in [7, 11) is 0. The summed E-state index contributed by atoms with van der Waals surface area (Å²) in [6.45, 7) is 8.13. The first-order chi connectivity index (χ1) is 6.89. The molecule has 1 aliphatic heterocycles. The van der Waals surface area contributed by atoms with Crippen molar-refractivity contribution >= 4 is 28.2 Å². The number of benzene rings is 1. The monoisotopic (exact) mass is 316 g/mol. The van der Waals surface area contributed by atoms with Crippen molar-refractivity contribution in [1.29, 1.82) is 0 Å². The lowest BCUT2D eigenvalue weighted by Crippen LogP contribution is -2.32. The van der Waals surface area contributed by atoms with E-state index in [0.717, 1.165) is 26.9 Å². The van der Waals surface area contributed by atoms with E-state index in [1.165, 1.54) is 0 Å². The molecular weight excluding hydrogens is 303 g/mol. The standard InChI is InChI=1S/C12H13IO2/c1-7-6-12(2,3)15-10-5-8(14)4-9(13)11(7)10/h4-5,14H,1,6H2,2-3H3. The van der Waals surface area contributed by atoms with Crippen molar-refractivity contribution in [3.63, 3.8) is 0 Å². The van der Waals surface area contributed by atoms with E-state index in [2.05, 4.69) is 29.2 Å². The normalized spacial score (nSPS) is 18.2. The van der Waals surface area contributed by atoms with Crippen molar-refractivity contribution in [2.75, 3.05) is 0 Å². The van der Waals surface area contributed by atoms with Crippen LogP contribution in [0.5, 0.6) is 11.5 Å². The molecule has 0 bridgehead atoms. The summed E-state index contributed by atoms with van der Waals surface area (Å²) in [4.78, 5) is 0. The molecule has 0 saturated heterocycles. The van der Waals surface area contributed by atoms with Crippen LogP contribution in [-0.4, -0.2) is 10.7 Å². The summed E-state index contributed by atoms with van der Waals surface area (Å²) >= 11 is 2.20. The number of aromatic hydroxyl groups is 1. The molecule has 0 spiro atoms. The highest BCUT2D eigenvalue weighted by Gasteiger charge is 2.30. The second-order valence-electron chi connectivity index (χ2n) is 4.44. The summed E-state index contributed by atoms with van der Waals surface area (Å²) in [5.41, 5.74) is 1.87. The Hall–Kier alpha value is -0.710. The van der Waals surface area contributed by atoms with Gasteiger partial charge in [0.15, 0.2) is 0 Å². The van der Waals surface area contributed by atoms with Gasteiger partial charge in [-0.05, 0) is 48.1 Å². The predicted octanol–water partition coefficient (Wildman–Crippen LogP) is 3.57. The van der Waals surface area contributed by atoms with Crippen LogP contribution in [-0.2, 0) is 0 Å². The number of phenols is 1. The fraction of sp³-hybridized carbons (Fsp3) is 0.333. The molecule has 3 heteroatoms. The van der Waals surface area contributed by atoms with Crippen molar-refractivity contribution in [1.82, 2.24) is 0 Å². The van der Waals surface area contributed by atoms with Crippen LogP contribution < -0.4 is 4.74 Å². The predicted molar refractivity (Wildman–Crippen MR) is 69.2 cm³/mol. The first kappa shape index (κ1) is 10.8. The summed E-state index contributed by atoms with van der Waals surface area (Å²) < 4.78 is 6.81. The zero-order valence-corrected chi connectivity index (χ0v) is 11.0. The molecule has 2 rings (SSSR count). The second kappa shape index (κ2) is 3.40. The van der Waals surface area contributed by atoms with Crippen LogP contribution in [0.2, 0.25) is 0 Å². The summed E-state index contributed by atoms with van der Waals surface area (Å²) in [6, 6.07) is 3.38. The number of hydrogen-bond acceptors (Lipinski definition) is 2. The maximum absolute atomic E-state index is 9.51. The Labute approximate surface area is 103 Å². The van der Waals surface area contributed by atoms with Gasteiger partial charge in [-0.3, -0.25) is 0 Å². The number of fused-ring (bicyclic) bond motifs is 1. The van der Waals surface area contributed by atoms with Crippen LogP contribution in [0, 0.1) is 3.57 Å². The lowest BCUT2D eigenvalue weighted by atomic mass is 9.90. The minimum atomic E-state index is -0.235. The van der Waals surface area contributed by atoms with Crippen LogP contribution >= 0.6 is 22.6 Å². The summed E-state index contributed by atoms with van der Waals surface area (Å²) in [6.07, 6.45) is 0.820. The maximum atomic E-state index is 9.51. The Balaban J connectivity index is 2.60. The Kier molecular flexibility index (Phi) is 2.45. The van der Waals surface area contributed by atoms with Gasteiger partial charge in [-0.15, -0.1) is 0 Å². The van der Waals surface area contributed by atoms with Gasteiger partial charge in [-0.25, -0.2) is 0 Å². The van der Waals surface area contributed by atoms with E-state index in [9.17, 15) is 5.11 Å². The molecule has 0 radical (unpaired) electrons. The molecular formula is C12H13IO2. The first-order valence-corrected chi connectivity index (χ1v) is 5.86. The molecule has 1 aliphatic rings. The molecule has 0 saturated carbocycles. The molecule has 1 N–H and O–H groups in total. The van der Waals surface area contributed by atoms with Gasteiger partial charge in [0.2, 0.25) is 0 Å². The lowest BCUT2D eigenvalue weighted by Gasteiger charge is -2.34. The number of hydrogen-bond donors (Lipinski definition) is 1. The molecule has 0 aliphatic carbocycles. The molecule has 0 unspecified atom stereocenters. The van der Waals surface area contributed by atoms with Crippen molar-refractivity contribution in [2.24, 2.45) is 0 Å². The zero-order chi connectivity index (χ0) is 11.2. The fourth-order valence-electron chi connectivity index (χ4n) is 1.93. The number of phenolic OH excluding ortho intramolecular Hbond substituents is 1. The van der Waals surface area contributed by atoms with E-state index in [4.69, 9.17) is 4.74 Å². The molecule has 1 aromatic carbocycles. The van der Waals surface area contributed by atoms with Crippen molar-refractivity contribution in [2.45, 2.75) is 25.9 Å². The van der Waals surface area contributed by atoms with Gasteiger partial charge in [-0.1, -0.05) is 6.58 Å². The van der Waals surface area contributed by atoms with Gasteiger partial charge in [0.1, 0.15) is 17.1 Å². The summed E-state index contributed by atoms with van der Waals surface area (Å²) in [5, 5.41) is 9.51. The van der Waals surface area contributed by atoms with E-state index in [0.29, 0.717) is 0 Å². The molecule has 80 valence electrons. The topological polar surface area (TPSA) is 29.5 Å². The minimum absolute atomic E-state index is 0.235. The van der Waals surface area contributed by atoms with Crippen LogP contribution in [0.3, 0.4) is 0 Å². The molecule has 15 heavy (non-hydrogen) atoms. The molecule has 1 aromatic rings. The van der Waals surface area contributed by atoms with Gasteiger partial charge in [0.05, 0.1) is 0 Å². The van der Waals surface area contributed by atoms with Crippen LogP contribution in [0.4, 0.5) is 0 Å². The van der Waals surface area contributed by atoms with Crippen molar-refractivity contribution < 1.29 is 9.84 Å². The van der Waals surface area contributed by atoms with Gasteiger partial charge < -0.3 is 9.84 Å². The third-order valence-electron chi connectivity index (χ3n) is 2.42. The Morgan fingerprint density at radius 1 is 1.47 bits per heavy atom. The van der Waals surface area contributed by atoms with Crippen molar-refractivity contribution in [3.05, 3.63) is 27.8 Å².